The molecule has 0 saturated carbocycles. The van der Waals surface area contributed by atoms with Crippen LogP contribution >= 0.6 is 0 Å². The monoisotopic (exact) mass is 422 g/mol. The van der Waals surface area contributed by atoms with E-state index in [0.29, 0.717) is 40.3 Å². The van der Waals surface area contributed by atoms with Gasteiger partial charge in [-0.15, -0.1) is 0 Å². The lowest BCUT2D eigenvalue weighted by Gasteiger charge is -2.12. The maximum atomic E-state index is 12.7. The number of aryl methyl sites for hydroxylation is 1. The quantitative estimate of drug-likeness (QED) is 0.453. The number of hydrogen-bond acceptors (Lipinski definition) is 7. The van der Waals surface area contributed by atoms with E-state index in [2.05, 4.69) is 20.5 Å². The van der Waals surface area contributed by atoms with E-state index in [1.165, 1.54) is 0 Å². The number of fused-ring (bicyclic) bond motifs is 2. The van der Waals surface area contributed by atoms with Gasteiger partial charge < -0.3 is 14.8 Å². The number of aromatic amines is 1. The maximum absolute atomic E-state index is 12.7. The Bertz CT molecular complexity index is 1580. The lowest BCUT2D eigenvalue weighted by molar-refractivity contribution is 0.546. The molecule has 0 bridgehead atoms. The van der Waals surface area contributed by atoms with Crippen LogP contribution in [0.25, 0.3) is 44.8 Å². The molecular formula is C24H18N6O2. The third-order valence-electron chi connectivity index (χ3n) is 5.60. The smallest absolute Gasteiger partial charge is 0.255 e. The lowest BCUT2D eigenvalue weighted by atomic mass is 10.0. The van der Waals surface area contributed by atoms with Gasteiger partial charge in [-0.1, -0.05) is 12.1 Å². The second-order valence-corrected chi connectivity index (χ2v) is 7.76. The van der Waals surface area contributed by atoms with Gasteiger partial charge in [0.1, 0.15) is 22.7 Å². The Hall–Kier alpha value is -4.33. The van der Waals surface area contributed by atoms with Crippen LogP contribution in [-0.4, -0.2) is 26.2 Å². The molecule has 6 rings (SSSR count). The molecule has 32 heavy (non-hydrogen) atoms. The van der Waals surface area contributed by atoms with Crippen molar-refractivity contribution in [3.8, 4) is 22.7 Å². The average Bonchev–Trinajstić information content (AvgIpc) is 3.49. The molecule has 1 aliphatic rings. The molecule has 2 N–H and O–H groups in total. The van der Waals surface area contributed by atoms with Gasteiger partial charge >= 0.3 is 0 Å². The number of nitrogens with zero attached hydrogens (tertiary/aromatic N) is 4. The van der Waals surface area contributed by atoms with Crippen LogP contribution in [0.5, 0.6) is 0 Å². The number of benzene rings is 1. The minimum Gasteiger partial charge on any atom is -0.460 e. The van der Waals surface area contributed by atoms with E-state index < -0.39 is 0 Å². The summed E-state index contributed by atoms with van der Waals surface area (Å²) < 4.78 is 5.87. The first kappa shape index (κ1) is 18.4. The van der Waals surface area contributed by atoms with E-state index >= 15 is 0 Å². The van der Waals surface area contributed by atoms with Crippen molar-refractivity contribution < 1.29 is 4.42 Å². The molecule has 0 saturated heterocycles. The summed E-state index contributed by atoms with van der Waals surface area (Å²) in [6.07, 6.45) is 4.18. The Morgan fingerprint density at radius 1 is 1.03 bits per heavy atom. The van der Waals surface area contributed by atoms with Gasteiger partial charge in [0.15, 0.2) is 11.4 Å². The van der Waals surface area contributed by atoms with Crippen LogP contribution in [0.15, 0.2) is 69.0 Å². The summed E-state index contributed by atoms with van der Waals surface area (Å²) in [6, 6.07) is 15.3. The fourth-order valence-electron chi connectivity index (χ4n) is 4.00. The van der Waals surface area contributed by atoms with Crippen molar-refractivity contribution in [1.82, 2.24) is 25.4 Å². The highest BCUT2D eigenvalue weighted by Gasteiger charge is 2.21. The number of aromatic nitrogens is 4. The summed E-state index contributed by atoms with van der Waals surface area (Å²) >= 11 is 0. The molecule has 0 radical (unpaired) electrons. The zero-order valence-corrected chi connectivity index (χ0v) is 17.2. The van der Waals surface area contributed by atoms with E-state index in [1.54, 1.807) is 18.5 Å². The molecule has 0 fully saturated rings. The molecule has 8 heteroatoms. The molecule has 1 unspecified atom stereocenters. The van der Waals surface area contributed by atoms with Gasteiger partial charge in [0.25, 0.3) is 5.56 Å². The SMILES string of the molecule is Cc1ccc(-c2nc3[nH]c(=O)c(C4CC=NN4)cc3nc2-c2ccc3ncccc3c2)o1. The van der Waals surface area contributed by atoms with Crippen molar-refractivity contribution >= 4 is 28.3 Å². The Kier molecular flexibility index (Phi) is 4.10. The van der Waals surface area contributed by atoms with Gasteiger partial charge in [-0.05, 0) is 43.3 Å². The summed E-state index contributed by atoms with van der Waals surface area (Å²) in [5.41, 5.74) is 7.38. The fourth-order valence-corrected chi connectivity index (χ4v) is 4.00. The predicted molar refractivity (Wildman–Crippen MR) is 122 cm³/mol. The number of H-pyrrole nitrogens is 1. The minimum atomic E-state index is -0.207. The van der Waals surface area contributed by atoms with E-state index in [4.69, 9.17) is 14.4 Å². The van der Waals surface area contributed by atoms with Crippen LogP contribution in [0.1, 0.15) is 23.8 Å². The Morgan fingerprint density at radius 3 is 2.78 bits per heavy atom. The second kappa shape index (κ2) is 7.12. The summed E-state index contributed by atoms with van der Waals surface area (Å²) in [7, 11) is 0. The van der Waals surface area contributed by atoms with Crippen molar-refractivity contribution in [1.29, 1.82) is 0 Å². The van der Waals surface area contributed by atoms with Crippen LogP contribution in [0, 0.1) is 6.92 Å². The Morgan fingerprint density at radius 2 is 1.97 bits per heavy atom. The van der Waals surface area contributed by atoms with Gasteiger partial charge in [0, 0.05) is 35.3 Å². The number of nitrogens with one attached hydrogen (secondary N) is 2. The summed E-state index contributed by atoms with van der Waals surface area (Å²) in [5, 5.41) is 5.03. The third kappa shape index (κ3) is 3.04. The molecule has 5 aromatic rings. The van der Waals surface area contributed by atoms with Crippen molar-refractivity contribution in [2.75, 3.05) is 0 Å². The normalized spacial score (nSPS) is 15.5. The van der Waals surface area contributed by atoms with Gasteiger partial charge in [-0.2, -0.15) is 5.10 Å². The van der Waals surface area contributed by atoms with Gasteiger partial charge in [-0.3, -0.25) is 9.78 Å². The molecule has 1 aliphatic heterocycles. The Labute approximate surface area is 182 Å². The standard InChI is InChI=1S/C24H18N6O2/c1-13-4-7-20(32-13)22-21(15-5-6-17-14(11-15)3-2-9-25-17)27-19-12-16(18-8-10-26-30-18)24(31)29-23(19)28-22/h2-7,9-12,18,30H,8H2,1H3,(H,28,29,31). The van der Waals surface area contributed by atoms with Crippen LogP contribution in [-0.2, 0) is 0 Å². The highest BCUT2D eigenvalue weighted by Crippen LogP contribution is 2.33. The van der Waals surface area contributed by atoms with E-state index in [-0.39, 0.29) is 11.6 Å². The molecule has 4 aromatic heterocycles. The van der Waals surface area contributed by atoms with Gasteiger partial charge in [0.05, 0.1) is 11.6 Å². The highest BCUT2D eigenvalue weighted by molar-refractivity contribution is 5.89. The fraction of sp³-hybridized carbons (Fsp3) is 0.125. The minimum absolute atomic E-state index is 0.174. The average molecular weight is 422 g/mol. The van der Waals surface area contributed by atoms with E-state index in [1.807, 2.05) is 49.4 Å². The van der Waals surface area contributed by atoms with Gasteiger partial charge in [-0.25, -0.2) is 9.97 Å². The summed E-state index contributed by atoms with van der Waals surface area (Å²) in [6.45, 7) is 1.88. The van der Waals surface area contributed by atoms with Crippen molar-refractivity contribution in [3.05, 3.63) is 76.4 Å². The van der Waals surface area contributed by atoms with Crippen molar-refractivity contribution in [2.45, 2.75) is 19.4 Å². The summed E-state index contributed by atoms with van der Waals surface area (Å²) in [4.78, 5) is 29.7. The van der Waals surface area contributed by atoms with E-state index in [0.717, 1.165) is 22.2 Å². The Balaban J connectivity index is 1.61. The van der Waals surface area contributed by atoms with Crippen LogP contribution in [0.4, 0.5) is 0 Å². The molecule has 0 spiro atoms. The first-order valence-corrected chi connectivity index (χ1v) is 10.3. The van der Waals surface area contributed by atoms with Crippen LogP contribution in [0.3, 0.4) is 0 Å². The summed E-state index contributed by atoms with van der Waals surface area (Å²) in [5.74, 6) is 1.36. The molecule has 5 heterocycles. The molecule has 0 amide bonds. The molecule has 156 valence electrons. The molecule has 1 atom stereocenters. The number of hydrazone groups is 1. The molecule has 0 aliphatic carbocycles. The first-order chi connectivity index (χ1) is 15.7. The molecule has 8 nitrogen and oxygen atoms in total. The zero-order chi connectivity index (χ0) is 21.7. The lowest BCUT2D eigenvalue weighted by Crippen LogP contribution is -2.22. The maximum Gasteiger partial charge on any atom is 0.255 e. The van der Waals surface area contributed by atoms with Gasteiger partial charge in [0.2, 0.25) is 0 Å². The first-order valence-electron chi connectivity index (χ1n) is 10.3. The van der Waals surface area contributed by atoms with Crippen molar-refractivity contribution in [3.63, 3.8) is 0 Å². The van der Waals surface area contributed by atoms with Crippen molar-refractivity contribution in [2.24, 2.45) is 5.10 Å². The van der Waals surface area contributed by atoms with E-state index in [9.17, 15) is 4.79 Å². The molecular weight excluding hydrogens is 404 g/mol. The highest BCUT2D eigenvalue weighted by atomic mass is 16.3. The topological polar surface area (TPSA) is 109 Å². The number of furan rings is 1. The number of rotatable bonds is 3. The third-order valence-corrected chi connectivity index (χ3v) is 5.60. The predicted octanol–water partition coefficient (Wildman–Crippen LogP) is 4.12. The zero-order valence-electron chi connectivity index (χ0n) is 17.2. The number of hydrogen-bond donors (Lipinski definition) is 2. The van der Waals surface area contributed by atoms with Crippen LogP contribution in [0.2, 0.25) is 0 Å². The largest absolute Gasteiger partial charge is 0.460 e. The molecule has 1 aromatic carbocycles. The second-order valence-electron chi connectivity index (χ2n) is 7.76. The van der Waals surface area contributed by atoms with Crippen LogP contribution < -0.4 is 11.0 Å². The number of pyridine rings is 2.